The van der Waals surface area contributed by atoms with Crippen molar-refractivity contribution >= 4 is 70.0 Å². The molecule has 3 aromatic carbocycles. The van der Waals surface area contributed by atoms with Gasteiger partial charge in [-0.25, -0.2) is 0 Å². The molecule has 184 valence electrons. The fraction of sp³-hybridized carbons (Fsp3) is 0.231. The predicted octanol–water partition coefficient (Wildman–Crippen LogP) is 6.92. The summed E-state index contributed by atoms with van der Waals surface area (Å²) < 4.78 is 0. The molecule has 0 aliphatic carbocycles. The second kappa shape index (κ2) is 13.4. The summed E-state index contributed by atoms with van der Waals surface area (Å²) in [4.78, 5) is 28.1. The number of rotatable bonds is 10. The Labute approximate surface area is 229 Å². The summed E-state index contributed by atoms with van der Waals surface area (Å²) in [5.41, 5.74) is 2.28. The molecule has 4 nitrogen and oxygen atoms in total. The van der Waals surface area contributed by atoms with Crippen LogP contribution in [-0.4, -0.2) is 35.6 Å². The smallest absolute Gasteiger partial charge is 0.242 e. The van der Waals surface area contributed by atoms with Crippen LogP contribution in [0.15, 0.2) is 66.7 Å². The van der Waals surface area contributed by atoms with E-state index in [1.54, 1.807) is 48.3 Å². The highest BCUT2D eigenvalue weighted by Crippen LogP contribution is 2.30. The molecular formula is C26H24Cl4N2O2S. The Morgan fingerprint density at radius 3 is 1.91 bits per heavy atom. The first-order valence-corrected chi connectivity index (χ1v) is 13.5. The quantitative estimate of drug-likeness (QED) is 0.288. The van der Waals surface area contributed by atoms with Crippen molar-refractivity contribution in [2.24, 2.45) is 0 Å². The van der Waals surface area contributed by atoms with Gasteiger partial charge in [-0.2, -0.15) is 0 Å². The predicted molar refractivity (Wildman–Crippen MR) is 148 cm³/mol. The third kappa shape index (κ3) is 7.55. The van der Waals surface area contributed by atoms with Crippen LogP contribution in [0.4, 0.5) is 0 Å². The fourth-order valence-corrected chi connectivity index (χ4v) is 5.73. The van der Waals surface area contributed by atoms with Gasteiger partial charge in [-0.15, -0.1) is 11.8 Å². The monoisotopic (exact) mass is 568 g/mol. The third-order valence-electron chi connectivity index (χ3n) is 5.44. The van der Waals surface area contributed by atoms with Gasteiger partial charge < -0.3 is 10.2 Å². The van der Waals surface area contributed by atoms with Crippen LogP contribution in [0.2, 0.25) is 20.1 Å². The van der Waals surface area contributed by atoms with Crippen molar-refractivity contribution < 1.29 is 9.59 Å². The van der Waals surface area contributed by atoms with E-state index >= 15 is 0 Å². The number of hydrogen-bond acceptors (Lipinski definition) is 3. The third-order valence-corrected chi connectivity index (χ3v) is 7.80. The summed E-state index contributed by atoms with van der Waals surface area (Å²) in [6.07, 6.45) is 0.343. The molecule has 35 heavy (non-hydrogen) atoms. The fourth-order valence-electron chi connectivity index (χ4n) is 3.57. The molecule has 9 heteroatoms. The summed E-state index contributed by atoms with van der Waals surface area (Å²) in [7, 11) is 1.56. The molecule has 0 saturated carbocycles. The zero-order valence-electron chi connectivity index (χ0n) is 18.9. The molecule has 0 heterocycles. The lowest BCUT2D eigenvalue weighted by atomic mass is 10.0. The van der Waals surface area contributed by atoms with Crippen molar-refractivity contribution in [3.05, 3.63) is 104 Å². The largest absolute Gasteiger partial charge is 0.357 e. The average Bonchev–Trinajstić information content (AvgIpc) is 2.84. The van der Waals surface area contributed by atoms with Crippen molar-refractivity contribution in [2.75, 3.05) is 12.8 Å². The van der Waals surface area contributed by atoms with Gasteiger partial charge in [0.15, 0.2) is 0 Å². The second-order valence-electron chi connectivity index (χ2n) is 7.73. The van der Waals surface area contributed by atoms with Gasteiger partial charge in [-0.1, -0.05) is 88.9 Å². The Bertz CT molecular complexity index is 1140. The van der Waals surface area contributed by atoms with E-state index in [1.807, 2.05) is 30.3 Å². The minimum Gasteiger partial charge on any atom is -0.357 e. The number of amides is 2. The molecular weight excluding hydrogens is 546 g/mol. The molecule has 0 aliphatic rings. The van der Waals surface area contributed by atoms with E-state index in [1.165, 1.54) is 11.8 Å². The Balaban J connectivity index is 1.88. The molecule has 0 fully saturated rings. The van der Waals surface area contributed by atoms with E-state index in [4.69, 9.17) is 46.4 Å². The number of nitrogens with one attached hydrogen (secondary N) is 1. The van der Waals surface area contributed by atoms with E-state index in [-0.39, 0.29) is 24.1 Å². The van der Waals surface area contributed by atoms with Crippen LogP contribution < -0.4 is 5.32 Å². The SMILES string of the molecule is CNC(=O)C(Cc1ccccc1)N(Cc1c(Cl)cccc1Cl)C(=O)CSCc1c(Cl)cccc1Cl. The van der Waals surface area contributed by atoms with Gasteiger partial charge in [0.1, 0.15) is 6.04 Å². The van der Waals surface area contributed by atoms with Crippen LogP contribution in [0, 0.1) is 0 Å². The molecule has 3 rings (SSSR count). The first kappa shape index (κ1) is 27.7. The number of benzene rings is 3. The summed E-state index contributed by atoms with van der Waals surface area (Å²) in [6, 6.07) is 19.3. The molecule has 0 bridgehead atoms. The van der Waals surface area contributed by atoms with E-state index in [0.29, 0.717) is 37.8 Å². The highest BCUT2D eigenvalue weighted by atomic mass is 35.5. The first-order chi connectivity index (χ1) is 16.8. The highest BCUT2D eigenvalue weighted by Gasteiger charge is 2.30. The number of hydrogen-bond donors (Lipinski definition) is 1. The minimum absolute atomic E-state index is 0.0929. The van der Waals surface area contributed by atoms with E-state index in [0.717, 1.165) is 11.1 Å². The summed E-state index contributed by atoms with van der Waals surface area (Å²) >= 11 is 26.8. The molecule has 1 atom stereocenters. The average molecular weight is 570 g/mol. The number of likely N-dealkylation sites (N-methyl/N-ethyl adjacent to an activating group) is 1. The minimum atomic E-state index is -0.758. The Morgan fingerprint density at radius 2 is 1.37 bits per heavy atom. The van der Waals surface area contributed by atoms with Gasteiger partial charge in [0.25, 0.3) is 0 Å². The Hall–Kier alpha value is -1.89. The van der Waals surface area contributed by atoms with Gasteiger partial charge >= 0.3 is 0 Å². The van der Waals surface area contributed by atoms with E-state index in [2.05, 4.69) is 5.32 Å². The normalized spacial score (nSPS) is 11.7. The molecule has 0 aromatic heterocycles. The number of thioether (sulfide) groups is 1. The van der Waals surface area contributed by atoms with Gasteiger partial charge in [-0.05, 0) is 35.4 Å². The molecule has 0 aliphatic heterocycles. The van der Waals surface area contributed by atoms with Crippen LogP contribution in [0.3, 0.4) is 0 Å². The zero-order chi connectivity index (χ0) is 25.4. The van der Waals surface area contributed by atoms with Gasteiger partial charge in [0.05, 0.1) is 5.75 Å². The molecule has 1 unspecified atom stereocenters. The molecule has 1 N–H and O–H groups in total. The van der Waals surface area contributed by atoms with Crippen LogP contribution in [0.25, 0.3) is 0 Å². The highest BCUT2D eigenvalue weighted by molar-refractivity contribution is 7.99. The number of carbonyl (C=O) groups excluding carboxylic acids is 2. The second-order valence-corrected chi connectivity index (χ2v) is 10.3. The zero-order valence-corrected chi connectivity index (χ0v) is 22.8. The van der Waals surface area contributed by atoms with Gasteiger partial charge in [0.2, 0.25) is 11.8 Å². The first-order valence-electron chi connectivity index (χ1n) is 10.8. The summed E-state index contributed by atoms with van der Waals surface area (Å²) in [5.74, 6) is 0.0726. The van der Waals surface area contributed by atoms with Crippen molar-refractivity contribution in [3.8, 4) is 0 Å². The summed E-state index contributed by atoms with van der Waals surface area (Å²) in [6.45, 7) is 0.0929. The lowest BCUT2D eigenvalue weighted by Gasteiger charge is -2.31. The van der Waals surface area contributed by atoms with Gasteiger partial charge in [0, 0.05) is 51.4 Å². The maximum absolute atomic E-state index is 13.6. The molecule has 2 amide bonds. The van der Waals surface area contributed by atoms with Crippen LogP contribution in [0.1, 0.15) is 16.7 Å². The lowest BCUT2D eigenvalue weighted by Crippen LogP contribution is -2.50. The Morgan fingerprint density at radius 1 is 0.829 bits per heavy atom. The number of carbonyl (C=O) groups is 2. The number of nitrogens with zero attached hydrogens (tertiary/aromatic N) is 1. The Kier molecular flexibility index (Phi) is 10.6. The maximum atomic E-state index is 13.6. The van der Waals surface area contributed by atoms with Crippen LogP contribution >= 0.6 is 58.2 Å². The van der Waals surface area contributed by atoms with E-state index in [9.17, 15) is 9.59 Å². The maximum Gasteiger partial charge on any atom is 0.242 e. The summed E-state index contributed by atoms with van der Waals surface area (Å²) in [5, 5.41) is 4.65. The molecule has 3 aromatic rings. The van der Waals surface area contributed by atoms with Crippen molar-refractivity contribution in [1.29, 1.82) is 0 Å². The van der Waals surface area contributed by atoms with Crippen molar-refractivity contribution in [2.45, 2.75) is 24.8 Å². The van der Waals surface area contributed by atoms with Crippen LogP contribution in [-0.2, 0) is 28.3 Å². The van der Waals surface area contributed by atoms with Gasteiger partial charge in [-0.3, -0.25) is 9.59 Å². The van der Waals surface area contributed by atoms with E-state index < -0.39 is 6.04 Å². The lowest BCUT2D eigenvalue weighted by molar-refractivity contribution is -0.139. The molecule has 0 spiro atoms. The topological polar surface area (TPSA) is 49.4 Å². The molecule has 0 saturated heterocycles. The number of halogens is 4. The molecule has 0 radical (unpaired) electrons. The standard InChI is InChI=1S/C26H24Cl4N2O2S/c1-31-26(34)24(13-17-7-3-2-4-8-17)32(14-18-20(27)9-5-10-21(18)28)25(33)16-35-15-19-22(29)11-6-12-23(19)30/h2-12,24H,13-16H2,1H3,(H,31,34). The van der Waals surface area contributed by atoms with Crippen LogP contribution in [0.5, 0.6) is 0 Å². The van der Waals surface area contributed by atoms with Crippen molar-refractivity contribution in [3.63, 3.8) is 0 Å². The van der Waals surface area contributed by atoms with Crippen molar-refractivity contribution in [1.82, 2.24) is 10.2 Å².